The van der Waals surface area contributed by atoms with Crippen LogP contribution in [0.1, 0.15) is 12.5 Å². The number of morpholine rings is 1. The Hall–Kier alpha value is -1.14. The van der Waals surface area contributed by atoms with E-state index in [9.17, 15) is 9.18 Å². The number of ether oxygens (including phenoxy) is 1. The van der Waals surface area contributed by atoms with Crippen LogP contribution in [0.5, 0.6) is 0 Å². The topological polar surface area (TPSA) is 41.6 Å². The highest BCUT2D eigenvalue weighted by Gasteiger charge is 2.21. The molecule has 4 nitrogen and oxygen atoms in total. The van der Waals surface area contributed by atoms with E-state index in [1.807, 2.05) is 6.92 Å². The monoisotopic (exact) mass is 330 g/mol. The summed E-state index contributed by atoms with van der Waals surface area (Å²) >= 11 is 3.20. The predicted molar refractivity (Wildman–Crippen MR) is 73.3 cm³/mol. The van der Waals surface area contributed by atoms with Gasteiger partial charge >= 0.3 is 6.03 Å². The van der Waals surface area contributed by atoms with Crippen LogP contribution in [0.3, 0.4) is 0 Å². The van der Waals surface area contributed by atoms with Crippen molar-refractivity contribution >= 4 is 22.0 Å². The second-order valence-electron chi connectivity index (χ2n) is 4.52. The SMILES string of the molecule is CC1CN(C(=O)NCc2ccc(Br)cc2F)CCO1. The molecule has 0 radical (unpaired) electrons. The smallest absolute Gasteiger partial charge is 0.317 e. The number of carbonyl (C=O) groups excluding carboxylic acids is 1. The summed E-state index contributed by atoms with van der Waals surface area (Å²) in [6.45, 7) is 3.78. The molecular weight excluding hydrogens is 315 g/mol. The summed E-state index contributed by atoms with van der Waals surface area (Å²) in [5.74, 6) is -0.329. The van der Waals surface area contributed by atoms with Crippen molar-refractivity contribution in [3.8, 4) is 0 Å². The molecule has 0 saturated carbocycles. The van der Waals surface area contributed by atoms with Gasteiger partial charge < -0.3 is 15.0 Å². The number of carbonyl (C=O) groups is 1. The predicted octanol–water partition coefficient (Wildman–Crippen LogP) is 2.52. The standard InChI is InChI=1S/C13H16BrFN2O2/c1-9-8-17(4-5-19-9)13(18)16-7-10-2-3-11(14)6-12(10)15/h2-3,6,9H,4-5,7-8H2,1H3,(H,16,18). The molecule has 6 heteroatoms. The Labute approximate surface area is 120 Å². The van der Waals surface area contributed by atoms with Gasteiger partial charge in [-0.25, -0.2) is 9.18 Å². The van der Waals surface area contributed by atoms with Crippen LogP contribution in [0.2, 0.25) is 0 Å². The third-order valence-corrected chi connectivity index (χ3v) is 3.47. The number of nitrogens with one attached hydrogen (secondary N) is 1. The summed E-state index contributed by atoms with van der Waals surface area (Å²) in [4.78, 5) is 13.6. The second-order valence-corrected chi connectivity index (χ2v) is 5.44. The fourth-order valence-corrected chi connectivity index (χ4v) is 2.28. The zero-order valence-corrected chi connectivity index (χ0v) is 12.2. The first-order chi connectivity index (χ1) is 9.06. The van der Waals surface area contributed by atoms with Gasteiger partial charge in [-0.2, -0.15) is 0 Å². The molecule has 1 fully saturated rings. The summed E-state index contributed by atoms with van der Waals surface area (Å²) in [6, 6.07) is 4.61. The van der Waals surface area contributed by atoms with Gasteiger partial charge in [0.25, 0.3) is 0 Å². The minimum Gasteiger partial charge on any atom is -0.375 e. The lowest BCUT2D eigenvalue weighted by atomic mass is 10.2. The van der Waals surface area contributed by atoms with Gasteiger partial charge in [0.2, 0.25) is 0 Å². The van der Waals surface area contributed by atoms with Crippen molar-refractivity contribution < 1.29 is 13.9 Å². The van der Waals surface area contributed by atoms with Crippen LogP contribution >= 0.6 is 15.9 Å². The quantitative estimate of drug-likeness (QED) is 0.905. The average Bonchev–Trinajstić information content (AvgIpc) is 2.37. The molecular formula is C13H16BrFN2O2. The minimum absolute atomic E-state index is 0.0453. The number of amides is 2. The molecule has 0 aliphatic carbocycles. The van der Waals surface area contributed by atoms with Crippen molar-refractivity contribution in [3.05, 3.63) is 34.1 Å². The van der Waals surface area contributed by atoms with Crippen LogP contribution in [0.4, 0.5) is 9.18 Å². The molecule has 1 aliphatic rings. The van der Waals surface area contributed by atoms with Crippen LogP contribution in [0.15, 0.2) is 22.7 Å². The number of benzene rings is 1. The number of halogens is 2. The summed E-state index contributed by atoms with van der Waals surface area (Å²) in [5, 5.41) is 2.73. The zero-order chi connectivity index (χ0) is 13.8. The first-order valence-electron chi connectivity index (χ1n) is 6.14. The zero-order valence-electron chi connectivity index (χ0n) is 10.7. The highest BCUT2D eigenvalue weighted by Crippen LogP contribution is 2.15. The Morgan fingerprint density at radius 1 is 1.63 bits per heavy atom. The minimum atomic E-state index is -0.329. The van der Waals surface area contributed by atoms with Gasteiger partial charge in [0, 0.05) is 29.7 Å². The van der Waals surface area contributed by atoms with Gasteiger partial charge in [-0.3, -0.25) is 0 Å². The van der Waals surface area contributed by atoms with Crippen LogP contribution < -0.4 is 5.32 Å². The highest BCUT2D eigenvalue weighted by atomic mass is 79.9. The summed E-state index contributed by atoms with van der Waals surface area (Å²) in [5.41, 5.74) is 0.470. The fraction of sp³-hybridized carbons (Fsp3) is 0.462. The van der Waals surface area contributed by atoms with Crippen LogP contribution in [-0.2, 0) is 11.3 Å². The maximum atomic E-state index is 13.6. The molecule has 1 aliphatic heterocycles. The number of urea groups is 1. The molecule has 19 heavy (non-hydrogen) atoms. The molecule has 1 atom stereocenters. The molecule has 104 valence electrons. The molecule has 1 aromatic rings. The molecule has 1 aromatic carbocycles. The third-order valence-electron chi connectivity index (χ3n) is 2.97. The van der Waals surface area contributed by atoms with Gasteiger partial charge in [0.15, 0.2) is 0 Å². The molecule has 0 spiro atoms. The van der Waals surface area contributed by atoms with Crippen molar-refractivity contribution in [2.75, 3.05) is 19.7 Å². The Morgan fingerprint density at radius 3 is 3.11 bits per heavy atom. The number of nitrogens with zero attached hydrogens (tertiary/aromatic N) is 1. The maximum absolute atomic E-state index is 13.6. The summed E-state index contributed by atoms with van der Waals surface area (Å²) in [6.07, 6.45) is 0.0453. The van der Waals surface area contributed by atoms with E-state index in [4.69, 9.17) is 4.74 Å². The Bertz CT molecular complexity index is 470. The number of rotatable bonds is 2. The molecule has 2 amide bonds. The van der Waals surface area contributed by atoms with Crippen LogP contribution in [0.25, 0.3) is 0 Å². The largest absolute Gasteiger partial charge is 0.375 e. The highest BCUT2D eigenvalue weighted by molar-refractivity contribution is 9.10. The van der Waals surface area contributed by atoms with E-state index >= 15 is 0 Å². The van der Waals surface area contributed by atoms with Crippen LogP contribution in [-0.4, -0.2) is 36.7 Å². The number of hydrogen-bond acceptors (Lipinski definition) is 2. The van der Waals surface area contributed by atoms with Gasteiger partial charge in [-0.1, -0.05) is 22.0 Å². The number of hydrogen-bond donors (Lipinski definition) is 1. The van der Waals surface area contributed by atoms with Gasteiger partial charge in [0.1, 0.15) is 5.82 Å². The van der Waals surface area contributed by atoms with Crippen molar-refractivity contribution in [1.82, 2.24) is 10.2 Å². The Kier molecular flexibility index (Phi) is 4.76. The fourth-order valence-electron chi connectivity index (χ4n) is 1.95. The van der Waals surface area contributed by atoms with Crippen molar-refractivity contribution in [2.45, 2.75) is 19.6 Å². The summed E-state index contributed by atoms with van der Waals surface area (Å²) in [7, 11) is 0. The summed E-state index contributed by atoms with van der Waals surface area (Å²) < 4.78 is 19.6. The van der Waals surface area contributed by atoms with Gasteiger partial charge in [-0.05, 0) is 19.1 Å². The van der Waals surface area contributed by atoms with E-state index in [1.165, 1.54) is 6.07 Å². The molecule has 1 saturated heterocycles. The van der Waals surface area contributed by atoms with Crippen LogP contribution in [0, 0.1) is 5.82 Å². The average molecular weight is 331 g/mol. The molecule has 0 bridgehead atoms. The molecule has 0 aromatic heterocycles. The first-order valence-corrected chi connectivity index (χ1v) is 6.94. The van der Waals surface area contributed by atoms with E-state index < -0.39 is 0 Å². The van der Waals surface area contributed by atoms with Gasteiger partial charge in [0.05, 0.1) is 12.7 Å². The van der Waals surface area contributed by atoms with E-state index in [0.29, 0.717) is 29.7 Å². The molecule has 1 N–H and O–H groups in total. The Morgan fingerprint density at radius 2 is 2.42 bits per heavy atom. The van der Waals surface area contributed by atoms with Crippen molar-refractivity contribution in [1.29, 1.82) is 0 Å². The second kappa shape index (κ2) is 6.34. The van der Waals surface area contributed by atoms with E-state index in [1.54, 1.807) is 17.0 Å². The molecule has 2 rings (SSSR count). The van der Waals surface area contributed by atoms with Crippen molar-refractivity contribution in [2.24, 2.45) is 0 Å². The molecule has 1 heterocycles. The van der Waals surface area contributed by atoms with E-state index in [0.717, 1.165) is 0 Å². The lowest BCUT2D eigenvalue weighted by Crippen LogP contribution is -2.48. The van der Waals surface area contributed by atoms with Gasteiger partial charge in [-0.15, -0.1) is 0 Å². The third kappa shape index (κ3) is 3.91. The lowest BCUT2D eigenvalue weighted by Gasteiger charge is -2.31. The molecule has 1 unspecified atom stereocenters. The van der Waals surface area contributed by atoms with Crippen molar-refractivity contribution in [3.63, 3.8) is 0 Å². The first kappa shape index (κ1) is 14.3. The lowest BCUT2D eigenvalue weighted by molar-refractivity contribution is -0.00352. The Balaban J connectivity index is 1.89. The van der Waals surface area contributed by atoms with E-state index in [-0.39, 0.29) is 24.5 Å². The normalized spacial score (nSPS) is 19.3. The maximum Gasteiger partial charge on any atom is 0.317 e. The van der Waals surface area contributed by atoms with E-state index in [2.05, 4.69) is 21.2 Å².